The highest BCUT2D eigenvalue weighted by Crippen LogP contribution is 2.15. The lowest BCUT2D eigenvalue weighted by molar-refractivity contribution is 0.103. The summed E-state index contributed by atoms with van der Waals surface area (Å²) < 4.78 is 26.6. The molecule has 2 rings (SSSR count). The van der Waals surface area contributed by atoms with Crippen LogP contribution in [0.2, 0.25) is 0 Å². The Bertz CT molecular complexity index is 729. The van der Waals surface area contributed by atoms with Gasteiger partial charge in [0.25, 0.3) is 0 Å². The van der Waals surface area contributed by atoms with Crippen LogP contribution in [0, 0.1) is 23.0 Å². The minimum absolute atomic E-state index is 0.184. The van der Waals surface area contributed by atoms with E-state index < -0.39 is 17.4 Å². The maximum atomic E-state index is 13.5. The number of hydrogen-bond donors (Lipinski definition) is 0. The molecule has 0 heterocycles. The van der Waals surface area contributed by atoms with E-state index in [2.05, 4.69) is 0 Å². The fourth-order valence-corrected chi connectivity index (χ4v) is 1.70. The van der Waals surface area contributed by atoms with Crippen molar-refractivity contribution in [2.75, 3.05) is 0 Å². The zero-order chi connectivity index (χ0) is 14.5. The van der Waals surface area contributed by atoms with E-state index in [9.17, 15) is 13.6 Å². The van der Waals surface area contributed by atoms with Crippen LogP contribution in [0.4, 0.5) is 8.78 Å². The predicted octanol–water partition coefficient (Wildman–Crippen LogP) is 3.75. The van der Waals surface area contributed by atoms with E-state index in [-0.39, 0.29) is 11.1 Å². The molecule has 0 fully saturated rings. The van der Waals surface area contributed by atoms with E-state index in [1.165, 1.54) is 42.5 Å². The minimum atomic E-state index is -0.727. The van der Waals surface area contributed by atoms with Gasteiger partial charge in [0, 0.05) is 0 Å². The topological polar surface area (TPSA) is 40.9 Å². The average molecular weight is 269 g/mol. The lowest BCUT2D eigenvalue weighted by Gasteiger charge is -2.01. The highest BCUT2D eigenvalue weighted by molar-refractivity contribution is 6.14. The Morgan fingerprint density at radius 2 is 1.85 bits per heavy atom. The van der Waals surface area contributed by atoms with Crippen molar-refractivity contribution in [1.82, 2.24) is 0 Å². The van der Waals surface area contributed by atoms with Crippen LogP contribution in [0.15, 0.2) is 54.1 Å². The van der Waals surface area contributed by atoms with Crippen LogP contribution in [-0.4, -0.2) is 5.78 Å². The lowest BCUT2D eigenvalue weighted by Crippen LogP contribution is -2.04. The van der Waals surface area contributed by atoms with Crippen LogP contribution < -0.4 is 0 Å². The molecule has 0 unspecified atom stereocenters. The number of carbonyl (C=O) groups is 1. The maximum absolute atomic E-state index is 13.5. The fourth-order valence-electron chi connectivity index (χ4n) is 1.70. The molecule has 2 nitrogen and oxygen atoms in total. The largest absolute Gasteiger partial charge is 0.288 e. The molecule has 0 atom stereocenters. The number of hydrogen-bond acceptors (Lipinski definition) is 2. The van der Waals surface area contributed by atoms with Crippen LogP contribution in [0.25, 0.3) is 6.08 Å². The molecule has 0 aromatic heterocycles. The Labute approximate surface area is 114 Å². The monoisotopic (exact) mass is 269 g/mol. The standard InChI is InChI=1S/C16H9F2NO/c17-13-5-3-4-11(9-13)8-12(10-19)16(20)14-6-1-2-7-15(14)18/h1-9H/b12-8+. The van der Waals surface area contributed by atoms with Crippen molar-refractivity contribution >= 4 is 11.9 Å². The summed E-state index contributed by atoms with van der Waals surface area (Å²) >= 11 is 0. The van der Waals surface area contributed by atoms with E-state index in [4.69, 9.17) is 5.26 Å². The van der Waals surface area contributed by atoms with Gasteiger partial charge in [-0.2, -0.15) is 5.26 Å². The molecule has 4 heteroatoms. The van der Waals surface area contributed by atoms with E-state index in [0.29, 0.717) is 5.56 Å². The molecule has 2 aromatic rings. The first-order chi connectivity index (χ1) is 9.61. The zero-order valence-electron chi connectivity index (χ0n) is 10.3. The molecule has 0 aliphatic carbocycles. The third kappa shape index (κ3) is 2.96. The zero-order valence-corrected chi connectivity index (χ0v) is 10.3. The second kappa shape index (κ2) is 5.89. The molecule has 0 amide bonds. The molecule has 98 valence electrons. The Morgan fingerprint density at radius 1 is 1.10 bits per heavy atom. The van der Waals surface area contributed by atoms with Crippen molar-refractivity contribution in [1.29, 1.82) is 5.26 Å². The first-order valence-electron chi connectivity index (χ1n) is 5.78. The first-order valence-corrected chi connectivity index (χ1v) is 5.78. The minimum Gasteiger partial charge on any atom is -0.288 e. The maximum Gasteiger partial charge on any atom is 0.206 e. The van der Waals surface area contributed by atoms with Gasteiger partial charge in [-0.25, -0.2) is 8.78 Å². The summed E-state index contributed by atoms with van der Waals surface area (Å²) in [5.74, 6) is -1.90. The Morgan fingerprint density at radius 3 is 2.50 bits per heavy atom. The highest BCUT2D eigenvalue weighted by Gasteiger charge is 2.15. The van der Waals surface area contributed by atoms with E-state index in [1.807, 2.05) is 0 Å². The SMILES string of the molecule is N#C/C(=C\c1cccc(F)c1)C(=O)c1ccccc1F. The molecule has 0 bridgehead atoms. The van der Waals surface area contributed by atoms with Gasteiger partial charge in [-0.3, -0.25) is 4.79 Å². The second-order valence-electron chi connectivity index (χ2n) is 4.03. The first kappa shape index (κ1) is 13.6. The Hall–Kier alpha value is -2.80. The molecular formula is C16H9F2NO. The number of rotatable bonds is 3. The van der Waals surface area contributed by atoms with Crippen LogP contribution >= 0.6 is 0 Å². The van der Waals surface area contributed by atoms with E-state index in [1.54, 1.807) is 12.1 Å². The van der Waals surface area contributed by atoms with Crippen LogP contribution in [-0.2, 0) is 0 Å². The average Bonchev–Trinajstić information content (AvgIpc) is 2.44. The number of Topliss-reactive ketones (excluding diaryl/α,β-unsaturated/α-hetero) is 1. The van der Waals surface area contributed by atoms with Crippen LogP contribution in [0.1, 0.15) is 15.9 Å². The van der Waals surface area contributed by atoms with Crippen molar-refractivity contribution in [3.05, 3.63) is 76.9 Å². The summed E-state index contributed by atoms with van der Waals surface area (Å²) in [4.78, 5) is 12.1. The van der Waals surface area contributed by atoms with Gasteiger partial charge in [0.05, 0.1) is 5.56 Å². The van der Waals surface area contributed by atoms with Gasteiger partial charge in [-0.1, -0.05) is 24.3 Å². The van der Waals surface area contributed by atoms with Gasteiger partial charge in [0.2, 0.25) is 5.78 Å². The number of halogens is 2. The molecule has 0 radical (unpaired) electrons. The van der Waals surface area contributed by atoms with Crippen molar-refractivity contribution in [2.24, 2.45) is 0 Å². The molecule has 0 spiro atoms. The molecule has 0 N–H and O–H groups in total. The number of nitrogens with zero attached hydrogens (tertiary/aromatic N) is 1. The number of nitriles is 1. The molecular weight excluding hydrogens is 260 g/mol. The molecule has 0 aliphatic heterocycles. The number of carbonyl (C=O) groups excluding carboxylic acids is 1. The second-order valence-corrected chi connectivity index (χ2v) is 4.03. The Balaban J connectivity index is 2.41. The number of benzene rings is 2. The summed E-state index contributed by atoms with van der Waals surface area (Å²) in [7, 11) is 0. The summed E-state index contributed by atoms with van der Waals surface area (Å²) in [6.07, 6.45) is 1.23. The molecule has 20 heavy (non-hydrogen) atoms. The molecule has 0 aliphatic rings. The van der Waals surface area contributed by atoms with Crippen LogP contribution in [0.5, 0.6) is 0 Å². The van der Waals surface area contributed by atoms with Gasteiger partial charge in [0.1, 0.15) is 23.3 Å². The number of allylic oxidation sites excluding steroid dienone is 1. The number of ketones is 1. The van der Waals surface area contributed by atoms with E-state index in [0.717, 1.165) is 6.07 Å². The summed E-state index contributed by atoms with van der Waals surface area (Å²) in [6.45, 7) is 0. The highest BCUT2D eigenvalue weighted by atomic mass is 19.1. The van der Waals surface area contributed by atoms with Crippen LogP contribution in [0.3, 0.4) is 0 Å². The van der Waals surface area contributed by atoms with Gasteiger partial charge >= 0.3 is 0 Å². The summed E-state index contributed by atoms with van der Waals surface area (Å²) in [5.41, 5.74) is -0.0661. The van der Waals surface area contributed by atoms with Gasteiger partial charge in [-0.15, -0.1) is 0 Å². The predicted molar refractivity (Wildman–Crippen MR) is 70.7 cm³/mol. The fraction of sp³-hybridized carbons (Fsp3) is 0. The third-order valence-electron chi connectivity index (χ3n) is 2.64. The van der Waals surface area contributed by atoms with Gasteiger partial charge in [0.15, 0.2) is 0 Å². The normalized spacial score (nSPS) is 10.9. The molecule has 2 aromatic carbocycles. The molecule has 0 saturated heterocycles. The summed E-state index contributed by atoms with van der Waals surface area (Å²) in [6, 6.07) is 12.6. The Kier molecular flexibility index (Phi) is 4.02. The van der Waals surface area contributed by atoms with Crippen molar-refractivity contribution in [2.45, 2.75) is 0 Å². The lowest BCUT2D eigenvalue weighted by atomic mass is 10.0. The smallest absolute Gasteiger partial charge is 0.206 e. The van der Waals surface area contributed by atoms with Crippen molar-refractivity contribution in [3.63, 3.8) is 0 Å². The quantitative estimate of drug-likeness (QED) is 0.483. The van der Waals surface area contributed by atoms with E-state index >= 15 is 0 Å². The van der Waals surface area contributed by atoms with Crippen molar-refractivity contribution in [3.8, 4) is 6.07 Å². The third-order valence-corrected chi connectivity index (χ3v) is 2.64. The van der Waals surface area contributed by atoms with Gasteiger partial charge < -0.3 is 0 Å². The van der Waals surface area contributed by atoms with Crippen molar-refractivity contribution < 1.29 is 13.6 Å². The van der Waals surface area contributed by atoms with Gasteiger partial charge in [-0.05, 0) is 35.9 Å². The summed E-state index contributed by atoms with van der Waals surface area (Å²) in [5, 5.41) is 9.02. The molecule has 0 saturated carbocycles.